The molecule has 0 aliphatic heterocycles. The van der Waals surface area contributed by atoms with Crippen molar-refractivity contribution in [3.8, 4) is 0 Å². The molecule has 0 bridgehead atoms. The van der Waals surface area contributed by atoms with E-state index in [1.54, 1.807) is 32.3 Å². The van der Waals surface area contributed by atoms with Crippen LogP contribution in [-0.2, 0) is 6.18 Å². The van der Waals surface area contributed by atoms with E-state index in [0.717, 1.165) is 12.1 Å². The summed E-state index contributed by atoms with van der Waals surface area (Å²) in [4.78, 5) is 7.21. The van der Waals surface area contributed by atoms with Gasteiger partial charge in [0.15, 0.2) is 0 Å². The van der Waals surface area contributed by atoms with Crippen molar-refractivity contribution in [2.24, 2.45) is 0 Å². The van der Waals surface area contributed by atoms with Crippen LogP contribution in [0.3, 0.4) is 0 Å². The fraction of sp³-hybridized carbons (Fsp3) is 0.167. The molecule has 4 aromatic rings. The van der Waals surface area contributed by atoms with Crippen LogP contribution in [0, 0.1) is 12.7 Å². The zero-order valence-electron chi connectivity index (χ0n) is 14.4. The zero-order chi connectivity index (χ0) is 19.3. The Morgan fingerprint density at radius 3 is 2.63 bits per heavy atom. The predicted octanol–water partition coefficient (Wildman–Crippen LogP) is 4.90. The summed E-state index contributed by atoms with van der Waals surface area (Å²) in [6.45, 7) is 1.66. The molecule has 9 heteroatoms. The Morgan fingerprint density at radius 2 is 1.93 bits per heavy atom. The second kappa shape index (κ2) is 5.90. The molecule has 0 radical (unpaired) electrons. The van der Waals surface area contributed by atoms with Crippen LogP contribution in [0.15, 0.2) is 36.5 Å². The van der Waals surface area contributed by atoms with E-state index in [9.17, 15) is 17.6 Å². The lowest BCUT2D eigenvalue weighted by molar-refractivity contribution is -0.137. The van der Waals surface area contributed by atoms with Crippen LogP contribution in [-0.4, -0.2) is 21.7 Å². The molecule has 0 amide bonds. The van der Waals surface area contributed by atoms with Crippen LogP contribution in [0.25, 0.3) is 21.9 Å². The highest BCUT2D eigenvalue weighted by atomic mass is 19.4. The molecule has 27 heavy (non-hydrogen) atoms. The van der Waals surface area contributed by atoms with Gasteiger partial charge in [0.1, 0.15) is 5.82 Å². The number of nitrogens with one attached hydrogen (secondary N) is 3. The number of imidazole rings is 1. The zero-order valence-corrected chi connectivity index (χ0v) is 14.4. The fourth-order valence-electron chi connectivity index (χ4n) is 3.07. The topological polar surface area (TPSA) is 57.7 Å². The number of halogens is 4. The van der Waals surface area contributed by atoms with Crippen LogP contribution in [0.1, 0.15) is 11.1 Å². The quantitative estimate of drug-likeness (QED) is 0.445. The van der Waals surface area contributed by atoms with Crippen LogP contribution < -0.4 is 10.7 Å². The number of aromatic amines is 1. The lowest BCUT2D eigenvalue weighted by Gasteiger charge is -2.10. The standard InChI is InChI=1S/C18H15F4N5/c1-9-3-5-11-15(16(9)19)13(8-24-11)26-17-25-12-7-10(18(20,21)22)4-6-14(12)27(17)23-2/h3-8,23-24H,1-2H3,(H,25,26). The normalized spacial score (nSPS) is 12.1. The first-order valence-corrected chi connectivity index (χ1v) is 8.10. The molecule has 4 rings (SSSR count). The van der Waals surface area contributed by atoms with E-state index < -0.39 is 11.7 Å². The molecule has 0 atom stereocenters. The molecule has 0 unspecified atom stereocenters. The Bertz CT molecular complexity index is 1160. The largest absolute Gasteiger partial charge is 0.416 e. The molecule has 2 aromatic carbocycles. The van der Waals surface area contributed by atoms with Gasteiger partial charge in [-0.05, 0) is 36.8 Å². The third-order valence-electron chi connectivity index (χ3n) is 4.43. The van der Waals surface area contributed by atoms with Gasteiger partial charge in [0.05, 0.1) is 33.2 Å². The fourth-order valence-corrected chi connectivity index (χ4v) is 3.07. The van der Waals surface area contributed by atoms with Crippen molar-refractivity contribution in [1.82, 2.24) is 14.6 Å². The minimum Gasteiger partial charge on any atom is -0.359 e. The van der Waals surface area contributed by atoms with Crippen molar-refractivity contribution < 1.29 is 17.6 Å². The maximum absolute atomic E-state index is 14.5. The Balaban J connectivity index is 1.84. The average Bonchev–Trinajstić information content (AvgIpc) is 3.18. The predicted molar refractivity (Wildman–Crippen MR) is 96.3 cm³/mol. The third-order valence-corrected chi connectivity index (χ3v) is 4.43. The van der Waals surface area contributed by atoms with Gasteiger partial charge in [-0.1, -0.05) is 6.07 Å². The monoisotopic (exact) mass is 377 g/mol. The lowest BCUT2D eigenvalue weighted by atomic mass is 10.1. The van der Waals surface area contributed by atoms with Crippen LogP contribution in [0.5, 0.6) is 0 Å². The summed E-state index contributed by atoms with van der Waals surface area (Å²) in [5.74, 6) is -0.128. The number of benzene rings is 2. The minimum absolute atomic E-state index is 0.165. The molecule has 5 nitrogen and oxygen atoms in total. The average molecular weight is 377 g/mol. The number of hydrogen-bond donors (Lipinski definition) is 3. The van der Waals surface area contributed by atoms with Crippen LogP contribution in [0.4, 0.5) is 29.2 Å². The number of aromatic nitrogens is 3. The minimum atomic E-state index is -4.46. The van der Waals surface area contributed by atoms with Crippen LogP contribution >= 0.6 is 0 Å². The van der Waals surface area contributed by atoms with Gasteiger partial charge in [0.2, 0.25) is 5.95 Å². The number of anilines is 2. The molecule has 2 aromatic heterocycles. The van der Waals surface area contributed by atoms with Crippen molar-refractivity contribution in [3.05, 3.63) is 53.5 Å². The van der Waals surface area contributed by atoms with Gasteiger partial charge in [-0.25, -0.2) is 14.1 Å². The van der Waals surface area contributed by atoms with E-state index in [-0.39, 0.29) is 17.3 Å². The number of fused-ring (bicyclic) bond motifs is 2. The molecule has 0 spiro atoms. The second-order valence-corrected chi connectivity index (χ2v) is 6.14. The van der Waals surface area contributed by atoms with Crippen molar-refractivity contribution in [2.75, 3.05) is 17.8 Å². The van der Waals surface area contributed by atoms with Gasteiger partial charge in [-0.3, -0.25) is 0 Å². The third kappa shape index (κ3) is 2.75. The van der Waals surface area contributed by atoms with E-state index in [1.807, 2.05) is 0 Å². The molecule has 0 fully saturated rings. The maximum atomic E-state index is 14.5. The second-order valence-electron chi connectivity index (χ2n) is 6.14. The number of rotatable bonds is 3. The van der Waals surface area contributed by atoms with Gasteiger partial charge >= 0.3 is 6.18 Å². The number of aryl methyl sites for hydroxylation is 1. The number of H-pyrrole nitrogens is 1. The Kier molecular flexibility index (Phi) is 3.76. The van der Waals surface area contributed by atoms with Crippen LogP contribution in [0.2, 0.25) is 0 Å². The molecule has 2 heterocycles. The Morgan fingerprint density at radius 1 is 1.15 bits per heavy atom. The molecule has 0 aliphatic rings. The van der Waals surface area contributed by atoms with E-state index in [4.69, 9.17) is 0 Å². The maximum Gasteiger partial charge on any atom is 0.416 e. The summed E-state index contributed by atoms with van der Waals surface area (Å²) in [6, 6.07) is 6.74. The first-order valence-electron chi connectivity index (χ1n) is 8.10. The summed E-state index contributed by atoms with van der Waals surface area (Å²) in [5, 5.41) is 3.36. The summed E-state index contributed by atoms with van der Waals surface area (Å²) in [5.41, 5.74) is 4.25. The highest BCUT2D eigenvalue weighted by Gasteiger charge is 2.31. The Labute approximate surface area is 151 Å². The summed E-state index contributed by atoms with van der Waals surface area (Å²) >= 11 is 0. The number of nitrogens with zero attached hydrogens (tertiary/aromatic N) is 2. The highest BCUT2D eigenvalue weighted by molar-refractivity contribution is 5.95. The lowest BCUT2D eigenvalue weighted by Crippen LogP contribution is -2.12. The van der Waals surface area contributed by atoms with Crippen molar-refractivity contribution in [2.45, 2.75) is 13.1 Å². The van der Waals surface area contributed by atoms with E-state index in [0.29, 0.717) is 27.7 Å². The van der Waals surface area contributed by atoms with Gasteiger partial charge in [0, 0.05) is 13.2 Å². The van der Waals surface area contributed by atoms with Crippen molar-refractivity contribution in [1.29, 1.82) is 0 Å². The van der Waals surface area contributed by atoms with E-state index in [1.165, 1.54) is 10.7 Å². The van der Waals surface area contributed by atoms with Gasteiger partial charge in [0.25, 0.3) is 0 Å². The summed E-state index contributed by atoms with van der Waals surface area (Å²) in [6.07, 6.45) is -2.86. The van der Waals surface area contributed by atoms with Gasteiger partial charge < -0.3 is 15.7 Å². The molecule has 0 saturated carbocycles. The molecular weight excluding hydrogens is 362 g/mol. The SMILES string of the molecule is CNn1c(Nc2c[nH]c3ccc(C)c(F)c23)nc2cc(C(F)(F)F)ccc21. The first kappa shape index (κ1) is 17.2. The molecule has 0 saturated heterocycles. The van der Waals surface area contributed by atoms with Gasteiger partial charge in [-0.15, -0.1) is 0 Å². The Hall–Kier alpha value is -3.23. The molecular formula is C18H15F4N5. The first-order chi connectivity index (χ1) is 12.8. The molecule has 3 N–H and O–H groups in total. The number of hydrogen-bond acceptors (Lipinski definition) is 3. The molecule has 0 aliphatic carbocycles. The van der Waals surface area contributed by atoms with Crippen molar-refractivity contribution >= 4 is 33.6 Å². The number of alkyl halides is 3. The van der Waals surface area contributed by atoms with Crippen molar-refractivity contribution in [3.63, 3.8) is 0 Å². The summed E-state index contributed by atoms with van der Waals surface area (Å²) in [7, 11) is 1.62. The van der Waals surface area contributed by atoms with Gasteiger partial charge in [-0.2, -0.15) is 13.2 Å². The van der Waals surface area contributed by atoms with E-state index in [2.05, 4.69) is 20.7 Å². The van der Waals surface area contributed by atoms with E-state index >= 15 is 0 Å². The summed E-state index contributed by atoms with van der Waals surface area (Å²) < 4.78 is 54.9. The smallest absolute Gasteiger partial charge is 0.359 e. The highest BCUT2D eigenvalue weighted by Crippen LogP contribution is 2.34. The molecule has 140 valence electrons.